The molecule has 0 saturated heterocycles. The lowest BCUT2D eigenvalue weighted by Gasteiger charge is -2.10. The summed E-state index contributed by atoms with van der Waals surface area (Å²) in [7, 11) is 0. The van der Waals surface area contributed by atoms with Crippen LogP contribution in [0.15, 0.2) is 24.3 Å². The van der Waals surface area contributed by atoms with Crippen molar-refractivity contribution in [1.29, 1.82) is 0 Å². The van der Waals surface area contributed by atoms with Crippen LogP contribution in [0.3, 0.4) is 0 Å². The van der Waals surface area contributed by atoms with Crippen LogP contribution in [-0.2, 0) is 6.42 Å². The average Bonchev–Trinajstić information content (AvgIpc) is 2.96. The minimum atomic E-state index is -0.304. The van der Waals surface area contributed by atoms with E-state index in [0.717, 1.165) is 12.8 Å². The Balaban J connectivity index is 1.59. The maximum Gasteiger partial charge on any atom is 0.0714 e. The number of aryl methyl sites for hydroxylation is 2. The van der Waals surface area contributed by atoms with Crippen LogP contribution in [0, 0.1) is 18.8 Å². The summed E-state index contributed by atoms with van der Waals surface area (Å²) in [5.41, 5.74) is 2.38. The van der Waals surface area contributed by atoms with Crippen LogP contribution in [-0.4, -0.2) is 10.7 Å². The summed E-state index contributed by atoms with van der Waals surface area (Å²) in [5, 5.41) is 10.6. The summed E-state index contributed by atoms with van der Waals surface area (Å²) in [4.78, 5) is 0. The monoisotopic (exact) mass is 230 g/mol. The summed E-state index contributed by atoms with van der Waals surface area (Å²) in [6, 6.07) is 8.73. The molecule has 3 rings (SSSR count). The number of hydrogen-bond acceptors (Lipinski definition) is 1. The molecule has 2 aliphatic rings. The largest absolute Gasteiger partial charge is 0.389 e. The first-order chi connectivity index (χ1) is 8.20. The van der Waals surface area contributed by atoms with Gasteiger partial charge in [0.25, 0.3) is 0 Å². The van der Waals surface area contributed by atoms with E-state index < -0.39 is 0 Å². The molecule has 2 atom stereocenters. The van der Waals surface area contributed by atoms with Gasteiger partial charge in [0, 0.05) is 0 Å². The maximum absolute atomic E-state index is 10.6. The third-order valence-electron chi connectivity index (χ3n) is 4.88. The molecule has 0 aliphatic heterocycles. The fraction of sp³-hybridized carbons (Fsp3) is 0.625. The van der Waals surface area contributed by atoms with E-state index in [2.05, 4.69) is 31.2 Å². The summed E-state index contributed by atoms with van der Waals surface area (Å²) in [6.45, 7) is 2.12. The van der Waals surface area contributed by atoms with E-state index in [-0.39, 0.29) is 5.60 Å². The van der Waals surface area contributed by atoms with Gasteiger partial charge in [0.15, 0.2) is 0 Å². The second-order valence-electron chi connectivity index (χ2n) is 5.97. The Bertz CT molecular complexity index is 380. The molecule has 0 aromatic heterocycles. The number of rotatable bonds is 3. The topological polar surface area (TPSA) is 20.2 Å². The van der Waals surface area contributed by atoms with Gasteiger partial charge in [-0.1, -0.05) is 42.7 Å². The van der Waals surface area contributed by atoms with Crippen LogP contribution in [0.5, 0.6) is 0 Å². The van der Waals surface area contributed by atoms with Gasteiger partial charge in [-0.3, -0.25) is 0 Å². The molecule has 2 saturated carbocycles. The molecule has 1 aromatic rings. The van der Waals surface area contributed by atoms with E-state index in [9.17, 15) is 5.11 Å². The fourth-order valence-electron chi connectivity index (χ4n) is 3.69. The highest BCUT2D eigenvalue weighted by Gasteiger charge is 2.62. The van der Waals surface area contributed by atoms with Crippen molar-refractivity contribution >= 4 is 0 Å². The first kappa shape index (κ1) is 11.3. The smallest absolute Gasteiger partial charge is 0.0714 e. The van der Waals surface area contributed by atoms with Gasteiger partial charge in [0.2, 0.25) is 0 Å². The second kappa shape index (κ2) is 4.13. The van der Waals surface area contributed by atoms with Crippen molar-refractivity contribution in [3.05, 3.63) is 35.4 Å². The highest BCUT2D eigenvalue weighted by Crippen LogP contribution is 2.60. The molecule has 0 bridgehead atoms. The van der Waals surface area contributed by atoms with Gasteiger partial charge in [-0.15, -0.1) is 0 Å². The molecule has 1 nitrogen and oxygen atoms in total. The molecule has 0 heterocycles. The highest BCUT2D eigenvalue weighted by atomic mass is 16.3. The van der Waals surface area contributed by atoms with Crippen LogP contribution in [0.1, 0.15) is 43.2 Å². The van der Waals surface area contributed by atoms with Crippen molar-refractivity contribution in [3.63, 3.8) is 0 Å². The van der Waals surface area contributed by atoms with Gasteiger partial charge >= 0.3 is 0 Å². The number of aliphatic hydroxyl groups is 1. The number of benzene rings is 1. The van der Waals surface area contributed by atoms with Crippen LogP contribution < -0.4 is 0 Å². The maximum atomic E-state index is 10.6. The van der Waals surface area contributed by atoms with E-state index in [4.69, 9.17) is 0 Å². The van der Waals surface area contributed by atoms with Crippen molar-refractivity contribution < 1.29 is 5.11 Å². The van der Waals surface area contributed by atoms with Gasteiger partial charge in [0.1, 0.15) is 0 Å². The molecular formula is C16H22O. The molecule has 17 heavy (non-hydrogen) atoms. The minimum absolute atomic E-state index is 0.304. The second-order valence-corrected chi connectivity index (χ2v) is 5.97. The molecule has 0 amide bonds. The SMILES string of the molecule is Cc1ccc(CCC2(O)C3CCCCC32)cc1. The van der Waals surface area contributed by atoms with Gasteiger partial charge in [-0.05, 0) is 50.0 Å². The predicted molar refractivity (Wildman–Crippen MR) is 69.9 cm³/mol. The standard InChI is InChI=1S/C16H22O/c1-12-6-8-13(9-7-12)10-11-16(17)14-4-2-3-5-15(14)16/h6-9,14-15,17H,2-5,10-11H2,1H3. The Morgan fingerprint density at radius 3 is 2.29 bits per heavy atom. The van der Waals surface area contributed by atoms with Crippen molar-refractivity contribution in [2.24, 2.45) is 11.8 Å². The number of hydrogen-bond donors (Lipinski definition) is 1. The summed E-state index contributed by atoms with van der Waals surface area (Å²) >= 11 is 0. The average molecular weight is 230 g/mol. The van der Waals surface area contributed by atoms with Crippen molar-refractivity contribution in [2.75, 3.05) is 0 Å². The third kappa shape index (κ3) is 2.01. The molecule has 92 valence electrons. The van der Waals surface area contributed by atoms with Gasteiger partial charge in [-0.25, -0.2) is 0 Å². The normalized spacial score (nSPS) is 35.4. The lowest BCUT2D eigenvalue weighted by molar-refractivity contribution is 0.109. The lowest BCUT2D eigenvalue weighted by atomic mass is 10.0. The quantitative estimate of drug-likeness (QED) is 0.843. The Morgan fingerprint density at radius 1 is 1.12 bits per heavy atom. The molecule has 0 spiro atoms. The van der Waals surface area contributed by atoms with E-state index in [0.29, 0.717) is 11.8 Å². The van der Waals surface area contributed by atoms with Gasteiger partial charge < -0.3 is 5.11 Å². The minimum Gasteiger partial charge on any atom is -0.389 e. The zero-order chi connectivity index (χ0) is 11.9. The summed E-state index contributed by atoms with van der Waals surface area (Å²) in [5.74, 6) is 1.25. The molecule has 2 aliphatic carbocycles. The first-order valence-corrected chi connectivity index (χ1v) is 6.98. The van der Waals surface area contributed by atoms with Crippen LogP contribution >= 0.6 is 0 Å². The Hall–Kier alpha value is -0.820. The fourth-order valence-corrected chi connectivity index (χ4v) is 3.69. The zero-order valence-electron chi connectivity index (χ0n) is 10.7. The van der Waals surface area contributed by atoms with E-state index >= 15 is 0 Å². The van der Waals surface area contributed by atoms with E-state index in [1.807, 2.05) is 0 Å². The molecule has 1 heteroatoms. The summed E-state index contributed by atoms with van der Waals surface area (Å²) in [6.07, 6.45) is 7.17. The lowest BCUT2D eigenvalue weighted by Crippen LogP contribution is -2.14. The molecule has 0 radical (unpaired) electrons. The number of fused-ring (bicyclic) bond motifs is 1. The first-order valence-electron chi connectivity index (χ1n) is 6.98. The van der Waals surface area contributed by atoms with Crippen molar-refractivity contribution in [2.45, 2.75) is 51.0 Å². The van der Waals surface area contributed by atoms with Gasteiger partial charge in [-0.2, -0.15) is 0 Å². The Labute approximate surface area is 104 Å². The Kier molecular flexibility index (Phi) is 2.74. The van der Waals surface area contributed by atoms with Gasteiger partial charge in [0.05, 0.1) is 5.60 Å². The highest BCUT2D eigenvalue weighted by molar-refractivity contribution is 5.23. The van der Waals surface area contributed by atoms with Crippen LogP contribution in [0.25, 0.3) is 0 Å². The van der Waals surface area contributed by atoms with Crippen LogP contribution in [0.2, 0.25) is 0 Å². The molecule has 1 N–H and O–H groups in total. The Morgan fingerprint density at radius 2 is 1.71 bits per heavy atom. The van der Waals surface area contributed by atoms with Crippen molar-refractivity contribution in [3.8, 4) is 0 Å². The van der Waals surface area contributed by atoms with Crippen LogP contribution in [0.4, 0.5) is 0 Å². The molecule has 2 fully saturated rings. The zero-order valence-corrected chi connectivity index (χ0v) is 10.7. The predicted octanol–water partition coefficient (Wildman–Crippen LogP) is 3.48. The molecule has 2 unspecified atom stereocenters. The summed E-state index contributed by atoms with van der Waals surface area (Å²) < 4.78 is 0. The molecular weight excluding hydrogens is 208 g/mol. The van der Waals surface area contributed by atoms with Crippen molar-refractivity contribution in [1.82, 2.24) is 0 Å². The van der Waals surface area contributed by atoms with E-state index in [1.54, 1.807) is 0 Å². The molecule has 1 aromatic carbocycles. The van der Waals surface area contributed by atoms with E-state index in [1.165, 1.54) is 36.8 Å². The third-order valence-corrected chi connectivity index (χ3v) is 4.88.